The molecule has 1 aliphatic heterocycles. The van der Waals surface area contributed by atoms with E-state index in [0.29, 0.717) is 30.0 Å². The second kappa shape index (κ2) is 7.59. The molecule has 2 aromatic carbocycles. The molecule has 0 aromatic heterocycles. The third kappa shape index (κ3) is 4.22. The zero-order chi connectivity index (χ0) is 20.5. The van der Waals surface area contributed by atoms with Gasteiger partial charge in [-0.25, -0.2) is 8.42 Å². The van der Waals surface area contributed by atoms with E-state index in [-0.39, 0.29) is 23.6 Å². The standard InChI is InChI=1S/C22H27NO4S/c1-5-28(25,26)23-13-12-16-14-17(6-11-20(16)23)21(24)15-27-19-9-7-18(8-10-19)22(2,3)4/h6-11,14H,5,12-13,15H2,1-4H3. The molecule has 0 fully saturated rings. The number of carbonyl (C=O) groups excluding carboxylic acids is 1. The first kappa shape index (κ1) is 20.4. The molecule has 0 N–H and O–H groups in total. The molecule has 150 valence electrons. The number of nitrogens with zero attached hydrogens (tertiary/aromatic N) is 1. The highest BCUT2D eigenvalue weighted by molar-refractivity contribution is 7.92. The van der Waals surface area contributed by atoms with Crippen LogP contribution in [0.15, 0.2) is 42.5 Å². The van der Waals surface area contributed by atoms with Gasteiger partial charge in [0.2, 0.25) is 10.0 Å². The highest BCUT2D eigenvalue weighted by Gasteiger charge is 2.28. The summed E-state index contributed by atoms with van der Waals surface area (Å²) < 4.78 is 31.4. The molecule has 5 nitrogen and oxygen atoms in total. The lowest BCUT2D eigenvalue weighted by molar-refractivity contribution is 0.0921. The third-order valence-corrected chi connectivity index (χ3v) is 6.83. The summed E-state index contributed by atoms with van der Waals surface area (Å²) in [7, 11) is -3.28. The Labute approximate surface area is 167 Å². The van der Waals surface area contributed by atoms with E-state index in [0.717, 1.165) is 5.56 Å². The highest BCUT2D eigenvalue weighted by Crippen LogP contribution is 2.31. The lowest BCUT2D eigenvalue weighted by atomic mass is 9.87. The summed E-state index contributed by atoms with van der Waals surface area (Å²) in [6.07, 6.45) is 0.616. The number of hydrogen-bond donors (Lipinski definition) is 0. The molecule has 1 aliphatic rings. The third-order valence-electron chi connectivity index (χ3n) is 5.05. The van der Waals surface area contributed by atoms with Crippen molar-refractivity contribution in [3.05, 3.63) is 59.2 Å². The van der Waals surface area contributed by atoms with Gasteiger partial charge < -0.3 is 4.74 Å². The van der Waals surface area contributed by atoms with Gasteiger partial charge in [0, 0.05) is 12.1 Å². The number of Topliss-reactive ketones (excluding diaryl/α,β-unsaturated/α-hetero) is 1. The van der Waals surface area contributed by atoms with Gasteiger partial charge in [-0.15, -0.1) is 0 Å². The molecular formula is C22H27NO4S. The first-order valence-corrected chi connectivity index (χ1v) is 11.1. The number of hydrogen-bond acceptors (Lipinski definition) is 4. The van der Waals surface area contributed by atoms with E-state index in [1.54, 1.807) is 25.1 Å². The highest BCUT2D eigenvalue weighted by atomic mass is 32.2. The minimum Gasteiger partial charge on any atom is -0.485 e. The lowest BCUT2D eigenvalue weighted by Crippen LogP contribution is -2.30. The van der Waals surface area contributed by atoms with Gasteiger partial charge in [0.1, 0.15) is 5.75 Å². The fourth-order valence-corrected chi connectivity index (χ4v) is 4.43. The van der Waals surface area contributed by atoms with Gasteiger partial charge in [-0.05, 0) is 60.2 Å². The summed E-state index contributed by atoms with van der Waals surface area (Å²) in [6.45, 7) is 8.45. The number of ether oxygens (including phenoxy) is 1. The molecule has 1 heterocycles. The molecule has 0 spiro atoms. The molecule has 0 aliphatic carbocycles. The number of rotatable bonds is 6. The Morgan fingerprint density at radius 1 is 1.11 bits per heavy atom. The van der Waals surface area contributed by atoms with Crippen LogP contribution in [0.3, 0.4) is 0 Å². The molecule has 3 rings (SSSR count). The Morgan fingerprint density at radius 3 is 2.39 bits per heavy atom. The number of anilines is 1. The average Bonchev–Trinajstić information content (AvgIpc) is 3.09. The maximum Gasteiger partial charge on any atom is 0.234 e. The average molecular weight is 402 g/mol. The summed E-state index contributed by atoms with van der Waals surface area (Å²) in [4.78, 5) is 12.5. The van der Waals surface area contributed by atoms with Crippen molar-refractivity contribution in [2.75, 3.05) is 23.2 Å². The molecule has 28 heavy (non-hydrogen) atoms. The van der Waals surface area contributed by atoms with Gasteiger partial charge in [0.05, 0.1) is 11.4 Å². The fourth-order valence-electron chi connectivity index (χ4n) is 3.27. The largest absolute Gasteiger partial charge is 0.485 e. The van der Waals surface area contributed by atoms with Gasteiger partial charge in [0.15, 0.2) is 12.4 Å². The minimum atomic E-state index is -3.28. The Balaban J connectivity index is 1.68. The van der Waals surface area contributed by atoms with E-state index in [9.17, 15) is 13.2 Å². The Morgan fingerprint density at radius 2 is 1.79 bits per heavy atom. The van der Waals surface area contributed by atoms with Crippen LogP contribution < -0.4 is 9.04 Å². The summed E-state index contributed by atoms with van der Waals surface area (Å²) >= 11 is 0. The zero-order valence-corrected chi connectivity index (χ0v) is 17.7. The van der Waals surface area contributed by atoms with Crippen molar-refractivity contribution in [1.82, 2.24) is 0 Å². The van der Waals surface area contributed by atoms with Crippen molar-refractivity contribution in [2.24, 2.45) is 0 Å². The maximum atomic E-state index is 12.5. The van der Waals surface area contributed by atoms with Crippen LogP contribution in [0.25, 0.3) is 0 Å². The first-order valence-electron chi connectivity index (χ1n) is 9.51. The Hall–Kier alpha value is -2.34. The second-order valence-corrected chi connectivity index (χ2v) is 10.2. The molecular weight excluding hydrogens is 374 g/mol. The van der Waals surface area contributed by atoms with Gasteiger partial charge in [-0.1, -0.05) is 32.9 Å². The normalized spacial score (nSPS) is 14.1. The zero-order valence-electron chi connectivity index (χ0n) is 16.9. The number of carbonyl (C=O) groups is 1. The fraction of sp³-hybridized carbons (Fsp3) is 0.409. The van der Waals surface area contributed by atoms with Crippen molar-refractivity contribution in [3.63, 3.8) is 0 Å². The van der Waals surface area contributed by atoms with Crippen molar-refractivity contribution in [2.45, 2.75) is 39.5 Å². The van der Waals surface area contributed by atoms with Crippen LogP contribution in [0.5, 0.6) is 5.75 Å². The molecule has 0 atom stereocenters. The van der Waals surface area contributed by atoms with Gasteiger partial charge in [0.25, 0.3) is 0 Å². The van der Waals surface area contributed by atoms with E-state index < -0.39 is 10.0 Å². The maximum absolute atomic E-state index is 12.5. The van der Waals surface area contributed by atoms with E-state index in [2.05, 4.69) is 20.8 Å². The van der Waals surface area contributed by atoms with Crippen LogP contribution in [-0.2, 0) is 21.9 Å². The van der Waals surface area contributed by atoms with Crippen molar-refractivity contribution in [3.8, 4) is 5.75 Å². The van der Waals surface area contributed by atoms with Crippen LogP contribution >= 0.6 is 0 Å². The quantitative estimate of drug-likeness (QED) is 0.688. The summed E-state index contributed by atoms with van der Waals surface area (Å²) in [5.74, 6) is 0.594. The summed E-state index contributed by atoms with van der Waals surface area (Å²) in [6, 6.07) is 13.0. The number of sulfonamides is 1. The van der Waals surface area contributed by atoms with E-state index >= 15 is 0 Å². The Bertz CT molecular complexity index is 973. The predicted molar refractivity (Wildman–Crippen MR) is 112 cm³/mol. The van der Waals surface area contributed by atoms with E-state index in [1.165, 1.54) is 9.87 Å². The molecule has 0 unspecified atom stereocenters. The van der Waals surface area contributed by atoms with Crippen molar-refractivity contribution >= 4 is 21.5 Å². The van der Waals surface area contributed by atoms with Crippen molar-refractivity contribution in [1.29, 1.82) is 0 Å². The number of ketones is 1. The number of benzene rings is 2. The van der Waals surface area contributed by atoms with E-state index in [1.807, 2.05) is 24.3 Å². The first-order chi connectivity index (χ1) is 13.1. The molecule has 0 saturated carbocycles. The molecule has 2 aromatic rings. The van der Waals surface area contributed by atoms with E-state index in [4.69, 9.17) is 4.74 Å². The van der Waals surface area contributed by atoms with Crippen LogP contribution in [0.4, 0.5) is 5.69 Å². The summed E-state index contributed by atoms with van der Waals surface area (Å²) in [5.41, 5.74) is 3.38. The SMILES string of the molecule is CCS(=O)(=O)N1CCc2cc(C(=O)COc3ccc(C(C)(C)C)cc3)ccc21. The van der Waals surface area contributed by atoms with Gasteiger partial charge in [-0.2, -0.15) is 0 Å². The molecule has 0 amide bonds. The van der Waals surface area contributed by atoms with Gasteiger partial charge in [-0.3, -0.25) is 9.10 Å². The Kier molecular flexibility index (Phi) is 5.53. The van der Waals surface area contributed by atoms with Crippen LogP contribution in [-0.4, -0.2) is 33.1 Å². The topological polar surface area (TPSA) is 63.7 Å². The molecule has 6 heteroatoms. The molecule has 0 radical (unpaired) electrons. The number of fused-ring (bicyclic) bond motifs is 1. The van der Waals surface area contributed by atoms with Crippen molar-refractivity contribution < 1.29 is 17.9 Å². The summed E-state index contributed by atoms with van der Waals surface area (Å²) in [5, 5.41) is 0. The second-order valence-electron chi connectivity index (χ2n) is 8.05. The molecule has 0 bridgehead atoms. The predicted octanol–water partition coefficient (Wildman–Crippen LogP) is 3.96. The smallest absolute Gasteiger partial charge is 0.234 e. The van der Waals surface area contributed by atoms with Crippen LogP contribution in [0, 0.1) is 0 Å². The monoisotopic (exact) mass is 401 g/mol. The molecule has 0 saturated heterocycles. The minimum absolute atomic E-state index is 0.0510. The van der Waals surface area contributed by atoms with Crippen LogP contribution in [0.1, 0.15) is 49.2 Å². The van der Waals surface area contributed by atoms with Crippen LogP contribution in [0.2, 0.25) is 0 Å². The lowest BCUT2D eigenvalue weighted by Gasteiger charge is -2.19. The van der Waals surface area contributed by atoms with Gasteiger partial charge >= 0.3 is 0 Å².